The van der Waals surface area contributed by atoms with E-state index in [1.54, 1.807) is 38.1 Å². The molecule has 8 nitrogen and oxygen atoms in total. The van der Waals surface area contributed by atoms with Gasteiger partial charge in [-0.25, -0.2) is 9.78 Å². The van der Waals surface area contributed by atoms with Gasteiger partial charge in [0.2, 0.25) is 5.91 Å². The van der Waals surface area contributed by atoms with E-state index in [4.69, 9.17) is 4.74 Å². The molecule has 1 aromatic heterocycles. The maximum atomic E-state index is 12.5. The van der Waals surface area contributed by atoms with Gasteiger partial charge >= 0.3 is 5.97 Å². The first-order chi connectivity index (χ1) is 13.2. The van der Waals surface area contributed by atoms with Crippen molar-refractivity contribution in [3.63, 3.8) is 0 Å². The number of nitrogens with zero attached hydrogens (tertiary/aromatic N) is 2. The minimum atomic E-state index is -1.38. The fourth-order valence-corrected chi connectivity index (χ4v) is 3.82. The summed E-state index contributed by atoms with van der Waals surface area (Å²) in [6.07, 6.45) is 1.36. The van der Waals surface area contributed by atoms with E-state index in [2.05, 4.69) is 10.3 Å². The molecule has 2 N–H and O–H groups in total. The Kier molecular flexibility index (Phi) is 5.25. The van der Waals surface area contributed by atoms with Crippen LogP contribution in [-0.2, 0) is 20.9 Å². The molecule has 1 aliphatic carbocycles. The van der Waals surface area contributed by atoms with Gasteiger partial charge in [-0.2, -0.15) is 0 Å². The number of aliphatic carboxylic acids is 1. The van der Waals surface area contributed by atoms with Crippen molar-refractivity contribution in [3.8, 4) is 0 Å². The molecule has 1 saturated carbocycles. The fourth-order valence-electron chi connectivity index (χ4n) is 3.82. The summed E-state index contributed by atoms with van der Waals surface area (Å²) in [5, 5.41) is 12.9. The Bertz CT molecular complexity index is 968. The zero-order chi connectivity index (χ0) is 20.5. The SMILES string of the molecule is CCOC1CC(NC(=O)CCn2cnc3ccccc3c2=O)(C(=O)O)C1(C)C. The number of aromatic nitrogens is 2. The second kappa shape index (κ2) is 7.35. The predicted octanol–water partition coefficient (Wildman–Crippen LogP) is 1.56. The van der Waals surface area contributed by atoms with E-state index in [1.807, 2.05) is 6.92 Å². The molecule has 2 atom stereocenters. The van der Waals surface area contributed by atoms with Gasteiger partial charge in [0.1, 0.15) is 5.54 Å². The Balaban J connectivity index is 1.71. The Labute approximate surface area is 162 Å². The zero-order valence-corrected chi connectivity index (χ0v) is 16.3. The second-order valence-corrected chi connectivity index (χ2v) is 7.64. The second-order valence-electron chi connectivity index (χ2n) is 7.64. The van der Waals surface area contributed by atoms with Crippen LogP contribution in [0.15, 0.2) is 35.4 Å². The number of nitrogens with one attached hydrogen (secondary N) is 1. The van der Waals surface area contributed by atoms with Crippen molar-refractivity contribution in [2.75, 3.05) is 6.61 Å². The van der Waals surface area contributed by atoms with Crippen LogP contribution < -0.4 is 10.9 Å². The topological polar surface area (TPSA) is 111 Å². The number of carboxylic acid groups (broad SMARTS) is 1. The van der Waals surface area contributed by atoms with E-state index < -0.39 is 22.8 Å². The molecule has 0 radical (unpaired) electrons. The average Bonchev–Trinajstić information content (AvgIpc) is 2.66. The van der Waals surface area contributed by atoms with Crippen molar-refractivity contribution >= 4 is 22.8 Å². The molecule has 1 heterocycles. The van der Waals surface area contributed by atoms with Crippen molar-refractivity contribution in [2.24, 2.45) is 5.41 Å². The third-order valence-electron chi connectivity index (χ3n) is 5.79. The lowest BCUT2D eigenvalue weighted by atomic mass is 9.54. The largest absolute Gasteiger partial charge is 0.479 e. The molecule has 2 aromatic rings. The summed E-state index contributed by atoms with van der Waals surface area (Å²) in [6.45, 7) is 6.01. The number of amides is 1. The first kappa shape index (κ1) is 20.0. The molecule has 0 saturated heterocycles. The van der Waals surface area contributed by atoms with Gasteiger partial charge in [-0.05, 0) is 19.1 Å². The summed E-state index contributed by atoms with van der Waals surface area (Å²) < 4.78 is 6.96. The molecular formula is C20H25N3O5. The van der Waals surface area contributed by atoms with Gasteiger partial charge in [0.25, 0.3) is 5.56 Å². The van der Waals surface area contributed by atoms with Crippen LogP contribution in [0.2, 0.25) is 0 Å². The number of rotatable bonds is 7. The van der Waals surface area contributed by atoms with Crippen molar-refractivity contribution in [3.05, 3.63) is 40.9 Å². The molecule has 1 fully saturated rings. The molecule has 2 unspecified atom stereocenters. The summed E-state index contributed by atoms with van der Waals surface area (Å²) in [5.74, 6) is -1.50. The lowest BCUT2D eigenvalue weighted by Gasteiger charge is -2.58. The molecule has 0 bridgehead atoms. The maximum Gasteiger partial charge on any atom is 0.330 e. The Morgan fingerprint density at radius 1 is 1.36 bits per heavy atom. The van der Waals surface area contributed by atoms with Crippen LogP contribution in [0.3, 0.4) is 0 Å². The highest BCUT2D eigenvalue weighted by molar-refractivity contribution is 5.89. The highest BCUT2D eigenvalue weighted by atomic mass is 16.5. The number of benzene rings is 1. The number of hydrogen-bond donors (Lipinski definition) is 2. The highest BCUT2D eigenvalue weighted by Crippen LogP contribution is 2.51. The lowest BCUT2D eigenvalue weighted by molar-refractivity contribution is -0.194. The van der Waals surface area contributed by atoms with Crippen LogP contribution in [0.5, 0.6) is 0 Å². The molecule has 150 valence electrons. The van der Waals surface area contributed by atoms with Crippen molar-refractivity contribution in [1.29, 1.82) is 0 Å². The molecule has 1 amide bonds. The number of ether oxygens (including phenoxy) is 1. The monoisotopic (exact) mass is 387 g/mol. The minimum Gasteiger partial charge on any atom is -0.479 e. The third kappa shape index (κ3) is 3.17. The Hall–Kier alpha value is -2.74. The van der Waals surface area contributed by atoms with Crippen LogP contribution >= 0.6 is 0 Å². The zero-order valence-electron chi connectivity index (χ0n) is 16.3. The summed E-state index contributed by atoms with van der Waals surface area (Å²) in [6, 6.07) is 6.99. The standard InChI is InChI=1S/C20H25N3O5/c1-4-28-15-11-20(18(26)27,19(15,2)3)22-16(24)9-10-23-12-21-14-8-6-5-7-13(14)17(23)25/h5-8,12,15H,4,9-11H2,1-3H3,(H,22,24)(H,26,27). The van der Waals surface area contributed by atoms with Crippen molar-refractivity contribution < 1.29 is 19.4 Å². The first-order valence-corrected chi connectivity index (χ1v) is 9.33. The van der Waals surface area contributed by atoms with Gasteiger partial charge < -0.3 is 15.2 Å². The fraction of sp³-hybridized carbons (Fsp3) is 0.500. The van der Waals surface area contributed by atoms with E-state index in [-0.39, 0.29) is 31.0 Å². The number of carboxylic acids is 1. The van der Waals surface area contributed by atoms with E-state index in [0.29, 0.717) is 17.5 Å². The van der Waals surface area contributed by atoms with Gasteiger partial charge in [-0.1, -0.05) is 26.0 Å². The van der Waals surface area contributed by atoms with Crippen molar-refractivity contribution in [1.82, 2.24) is 14.9 Å². The normalized spacial score (nSPS) is 23.2. The number of hydrogen-bond acceptors (Lipinski definition) is 5. The van der Waals surface area contributed by atoms with Gasteiger partial charge in [-0.15, -0.1) is 0 Å². The molecule has 3 rings (SSSR count). The first-order valence-electron chi connectivity index (χ1n) is 9.33. The van der Waals surface area contributed by atoms with E-state index in [1.165, 1.54) is 10.9 Å². The van der Waals surface area contributed by atoms with Gasteiger partial charge in [-0.3, -0.25) is 14.2 Å². The molecule has 0 spiro atoms. The predicted molar refractivity (Wildman–Crippen MR) is 103 cm³/mol. The number of carbonyl (C=O) groups excluding carboxylic acids is 1. The summed E-state index contributed by atoms with van der Waals surface area (Å²) in [4.78, 5) is 41.2. The molecule has 8 heteroatoms. The Morgan fingerprint density at radius 3 is 2.71 bits per heavy atom. The molecular weight excluding hydrogens is 362 g/mol. The lowest BCUT2D eigenvalue weighted by Crippen LogP contribution is -2.76. The summed E-state index contributed by atoms with van der Waals surface area (Å²) in [7, 11) is 0. The number of para-hydroxylation sites is 1. The van der Waals surface area contributed by atoms with Gasteiger partial charge in [0.05, 0.1) is 23.3 Å². The molecule has 1 aliphatic rings. The third-order valence-corrected chi connectivity index (χ3v) is 5.79. The van der Waals surface area contributed by atoms with Gasteiger partial charge in [0.15, 0.2) is 0 Å². The van der Waals surface area contributed by atoms with Crippen LogP contribution in [-0.4, -0.2) is 44.8 Å². The summed E-state index contributed by atoms with van der Waals surface area (Å²) in [5.41, 5.74) is -1.76. The van der Waals surface area contributed by atoms with E-state index in [0.717, 1.165) is 0 Å². The highest BCUT2D eigenvalue weighted by Gasteiger charge is 2.66. The number of carbonyl (C=O) groups is 2. The number of fused-ring (bicyclic) bond motifs is 1. The quantitative estimate of drug-likeness (QED) is 0.746. The summed E-state index contributed by atoms with van der Waals surface area (Å²) >= 11 is 0. The minimum absolute atomic E-state index is 0.0235. The maximum absolute atomic E-state index is 12.5. The van der Waals surface area contributed by atoms with Gasteiger partial charge in [0, 0.05) is 31.4 Å². The van der Waals surface area contributed by atoms with Crippen LogP contribution in [0.4, 0.5) is 0 Å². The number of aryl methyl sites for hydroxylation is 1. The van der Waals surface area contributed by atoms with E-state index in [9.17, 15) is 19.5 Å². The molecule has 1 aromatic carbocycles. The van der Waals surface area contributed by atoms with Crippen LogP contribution in [0.1, 0.15) is 33.6 Å². The molecule has 0 aliphatic heterocycles. The van der Waals surface area contributed by atoms with E-state index >= 15 is 0 Å². The Morgan fingerprint density at radius 2 is 2.07 bits per heavy atom. The van der Waals surface area contributed by atoms with Crippen LogP contribution in [0, 0.1) is 5.41 Å². The molecule has 28 heavy (non-hydrogen) atoms. The van der Waals surface area contributed by atoms with Crippen molar-refractivity contribution in [2.45, 2.75) is 51.8 Å². The average molecular weight is 387 g/mol. The smallest absolute Gasteiger partial charge is 0.330 e. The van der Waals surface area contributed by atoms with Crippen LogP contribution in [0.25, 0.3) is 10.9 Å².